The highest BCUT2D eigenvalue weighted by Crippen LogP contribution is 2.40. The van der Waals surface area contributed by atoms with Crippen LogP contribution in [-0.2, 0) is 0 Å². The van der Waals surface area contributed by atoms with Crippen LogP contribution in [0.4, 0.5) is 17.1 Å². The molecule has 0 N–H and O–H groups in total. The summed E-state index contributed by atoms with van der Waals surface area (Å²) in [6, 6.07) is 64.0. The largest absolute Gasteiger partial charge is 0.435 e. The van der Waals surface area contributed by atoms with Gasteiger partial charge in [0.2, 0.25) is 5.89 Å². The van der Waals surface area contributed by atoms with Crippen LogP contribution in [0.25, 0.3) is 66.4 Å². The zero-order valence-electron chi connectivity index (χ0n) is 26.1. The number of para-hydroxylation sites is 1. The quantitative estimate of drug-likeness (QED) is 0.187. The maximum absolute atomic E-state index is 6.53. The first-order valence-corrected chi connectivity index (χ1v) is 16.2. The molecule has 0 amide bonds. The highest BCUT2D eigenvalue weighted by atomic mass is 16.3. The molecular weight excluding hydrogens is 585 g/mol. The summed E-state index contributed by atoms with van der Waals surface area (Å²) in [5.74, 6) is 0.631. The Kier molecular flexibility index (Phi) is 6.80. The molecule has 0 spiro atoms. The standard InChI is InChI=1S/C45H30N2O/c1-4-12-31(13-5-1)32-22-25-39(26-23-32)47(38-17-8-3-9-18-38)40-27-24-34-28-37(21-20-35(34)29-40)42-30-36-16-10-11-19-41(36)43-44(42)48-45(46-43)33-14-6-2-7-15-33/h1-30H. The lowest BCUT2D eigenvalue weighted by Gasteiger charge is -2.26. The van der Waals surface area contributed by atoms with E-state index in [0.717, 1.165) is 66.4 Å². The van der Waals surface area contributed by atoms with Gasteiger partial charge in [-0.3, -0.25) is 0 Å². The molecule has 0 saturated carbocycles. The van der Waals surface area contributed by atoms with Crippen LogP contribution in [0.5, 0.6) is 0 Å². The Morgan fingerprint density at radius 3 is 1.73 bits per heavy atom. The third-order valence-electron chi connectivity index (χ3n) is 9.05. The molecule has 0 saturated heterocycles. The molecule has 8 aromatic carbocycles. The van der Waals surface area contributed by atoms with Gasteiger partial charge in [-0.1, -0.05) is 121 Å². The van der Waals surface area contributed by atoms with Gasteiger partial charge in [-0.15, -0.1) is 0 Å². The van der Waals surface area contributed by atoms with Crippen molar-refractivity contribution in [1.82, 2.24) is 4.98 Å². The molecule has 0 aliphatic heterocycles. The van der Waals surface area contributed by atoms with E-state index in [1.165, 1.54) is 11.1 Å². The van der Waals surface area contributed by atoms with Crippen molar-refractivity contribution in [3.05, 3.63) is 182 Å². The second-order valence-electron chi connectivity index (χ2n) is 12.0. The van der Waals surface area contributed by atoms with Crippen LogP contribution < -0.4 is 4.90 Å². The Balaban J connectivity index is 1.14. The van der Waals surface area contributed by atoms with Crippen LogP contribution in [-0.4, -0.2) is 4.98 Å². The highest BCUT2D eigenvalue weighted by Gasteiger charge is 2.18. The van der Waals surface area contributed by atoms with Gasteiger partial charge in [-0.25, -0.2) is 4.98 Å². The highest BCUT2D eigenvalue weighted by molar-refractivity contribution is 6.11. The fourth-order valence-electron chi connectivity index (χ4n) is 6.66. The van der Waals surface area contributed by atoms with E-state index in [1.807, 2.05) is 30.3 Å². The predicted octanol–water partition coefficient (Wildman–Crippen LogP) is 12.6. The van der Waals surface area contributed by atoms with Gasteiger partial charge in [0.25, 0.3) is 0 Å². The molecule has 0 aliphatic carbocycles. The van der Waals surface area contributed by atoms with Gasteiger partial charge in [-0.05, 0) is 93.5 Å². The Morgan fingerprint density at radius 2 is 0.958 bits per heavy atom. The molecule has 0 radical (unpaired) electrons. The summed E-state index contributed by atoms with van der Waals surface area (Å²) in [5.41, 5.74) is 10.5. The van der Waals surface area contributed by atoms with E-state index in [4.69, 9.17) is 9.40 Å². The molecule has 226 valence electrons. The van der Waals surface area contributed by atoms with E-state index in [1.54, 1.807) is 0 Å². The molecule has 9 rings (SSSR count). The van der Waals surface area contributed by atoms with E-state index >= 15 is 0 Å². The molecular formula is C45H30N2O. The molecule has 0 aliphatic rings. The van der Waals surface area contributed by atoms with Crippen LogP contribution in [0, 0.1) is 0 Å². The third-order valence-corrected chi connectivity index (χ3v) is 9.05. The summed E-state index contributed by atoms with van der Waals surface area (Å²) in [6.07, 6.45) is 0. The van der Waals surface area contributed by atoms with Gasteiger partial charge in [0, 0.05) is 33.6 Å². The van der Waals surface area contributed by atoms with Gasteiger partial charge in [0.05, 0.1) is 0 Å². The van der Waals surface area contributed by atoms with E-state index in [2.05, 4.69) is 157 Å². The zero-order chi connectivity index (χ0) is 31.9. The Bertz CT molecular complexity index is 2540. The van der Waals surface area contributed by atoms with E-state index in [0.29, 0.717) is 5.89 Å². The third kappa shape index (κ3) is 4.99. The number of rotatable bonds is 6. The molecule has 0 unspecified atom stereocenters. The van der Waals surface area contributed by atoms with Crippen molar-refractivity contribution < 1.29 is 4.42 Å². The zero-order valence-corrected chi connectivity index (χ0v) is 26.1. The molecule has 1 aromatic heterocycles. The Labute approximate surface area is 279 Å². The molecule has 48 heavy (non-hydrogen) atoms. The van der Waals surface area contributed by atoms with Crippen molar-refractivity contribution in [2.75, 3.05) is 4.90 Å². The number of fused-ring (bicyclic) bond motifs is 4. The van der Waals surface area contributed by atoms with Gasteiger partial charge >= 0.3 is 0 Å². The average molecular weight is 615 g/mol. The van der Waals surface area contributed by atoms with Crippen molar-refractivity contribution in [2.45, 2.75) is 0 Å². The number of anilines is 3. The van der Waals surface area contributed by atoms with Crippen molar-refractivity contribution in [3.8, 4) is 33.7 Å². The van der Waals surface area contributed by atoms with Crippen LogP contribution in [0.1, 0.15) is 0 Å². The van der Waals surface area contributed by atoms with Crippen molar-refractivity contribution >= 4 is 49.7 Å². The second kappa shape index (κ2) is 11.7. The number of hydrogen-bond donors (Lipinski definition) is 0. The summed E-state index contributed by atoms with van der Waals surface area (Å²) < 4.78 is 6.53. The monoisotopic (exact) mass is 614 g/mol. The number of hydrogen-bond acceptors (Lipinski definition) is 3. The van der Waals surface area contributed by atoms with Crippen LogP contribution in [0.2, 0.25) is 0 Å². The normalized spacial score (nSPS) is 11.3. The molecule has 0 bridgehead atoms. The van der Waals surface area contributed by atoms with E-state index in [-0.39, 0.29) is 0 Å². The number of nitrogens with zero attached hydrogens (tertiary/aromatic N) is 2. The minimum atomic E-state index is 0.631. The number of oxazole rings is 1. The lowest BCUT2D eigenvalue weighted by atomic mass is 9.97. The molecule has 9 aromatic rings. The Morgan fingerprint density at radius 1 is 0.396 bits per heavy atom. The minimum Gasteiger partial charge on any atom is -0.435 e. The van der Waals surface area contributed by atoms with Crippen molar-refractivity contribution in [1.29, 1.82) is 0 Å². The smallest absolute Gasteiger partial charge is 0.227 e. The molecule has 0 fully saturated rings. The molecule has 1 heterocycles. The Hall–Kier alpha value is -6.45. The fraction of sp³-hybridized carbons (Fsp3) is 0. The van der Waals surface area contributed by atoms with Gasteiger partial charge in [0.1, 0.15) is 5.52 Å². The first-order valence-electron chi connectivity index (χ1n) is 16.2. The summed E-state index contributed by atoms with van der Waals surface area (Å²) in [7, 11) is 0. The van der Waals surface area contributed by atoms with Gasteiger partial charge in [-0.2, -0.15) is 0 Å². The van der Waals surface area contributed by atoms with E-state index < -0.39 is 0 Å². The molecule has 0 atom stereocenters. The minimum absolute atomic E-state index is 0.631. The maximum Gasteiger partial charge on any atom is 0.227 e. The lowest BCUT2D eigenvalue weighted by Crippen LogP contribution is -2.09. The van der Waals surface area contributed by atoms with Crippen molar-refractivity contribution in [3.63, 3.8) is 0 Å². The molecule has 3 heteroatoms. The molecule has 3 nitrogen and oxygen atoms in total. The first-order chi connectivity index (χ1) is 23.8. The van der Waals surface area contributed by atoms with Crippen LogP contribution in [0.3, 0.4) is 0 Å². The number of benzene rings is 8. The fourth-order valence-corrected chi connectivity index (χ4v) is 6.66. The van der Waals surface area contributed by atoms with Gasteiger partial charge < -0.3 is 9.32 Å². The second-order valence-corrected chi connectivity index (χ2v) is 12.0. The lowest BCUT2D eigenvalue weighted by molar-refractivity contribution is 0.621. The van der Waals surface area contributed by atoms with Crippen LogP contribution >= 0.6 is 0 Å². The van der Waals surface area contributed by atoms with Crippen LogP contribution in [0.15, 0.2) is 186 Å². The topological polar surface area (TPSA) is 29.3 Å². The average Bonchev–Trinajstić information content (AvgIpc) is 3.62. The summed E-state index contributed by atoms with van der Waals surface area (Å²) in [6.45, 7) is 0. The number of aromatic nitrogens is 1. The predicted molar refractivity (Wildman–Crippen MR) is 200 cm³/mol. The van der Waals surface area contributed by atoms with Gasteiger partial charge in [0.15, 0.2) is 5.58 Å². The summed E-state index contributed by atoms with van der Waals surface area (Å²) in [4.78, 5) is 7.31. The summed E-state index contributed by atoms with van der Waals surface area (Å²) >= 11 is 0. The first kappa shape index (κ1) is 27.8. The SMILES string of the molecule is c1ccc(-c2ccc(N(c3ccccc3)c3ccc4cc(-c5cc6ccccc6c6nc(-c7ccccc7)oc56)ccc4c3)cc2)cc1. The maximum atomic E-state index is 6.53. The van der Waals surface area contributed by atoms with E-state index in [9.17, 15) is 0 Å². The van der Waals surface area contributed by atoms with Crippen molar-refractivity contribution in [2.24, 2.45) is 0 Å². The summed E-state index contributed by atoms with van der Waals surface area (Å²) in [5, 5.41) is 4.55.